The smallest absolute Gasteiger partial charge is 0.183 e. The highest BCUT2D eigenvalue weighted by atomic mass is 32.2. The van der Waals surface area contributed by atoms with Gasteiger partial charge < -0.3 is 0 Å². The van der Waals surface area contributed by atoms with E-state index in [4.69, 9.17) is 0 Å². The average Bonchev–Trinajstić information content (AvgIpc) is 3.24. The van der Waals surface area contributed by atoms with Crippen LogP contribution in [0.5, 0.6) is 0 Å². The molecule has 0 heterocycles. The van der Waals surface area contributed by atoms with Crippen molar-refractivity contribution < 1.29 is 8.42 Å². The second kappa shape index (κ2) is 5.01. The Hall–Kier alpha value is -2.12. The summed E-state index contributed by atoms with van der Waals surface area (Å²) in [6.45, 7) is 1.98. The van der Waals surface area contributed by atoms with Gasteiger partial charge in [0.15, 0.2) is 9.84 Å². The summed E-state index contributed by atoms with van der Waals surface area (Å²) in [4.78, 5) is 0.296. The Bertz CT molecular complexity index is 789. The van der Waals surface area contributed by atoms with E-state index in [0.717, 1.165) is 11.1 Å². The summed E-state index contributed by atoms with van der Waals surface area (Å²) in [6.07, 6.45) is 0. The summed E-state index contributed by atoms with van der Waals surface area (Å²) in [6, 6.07) is 18.3. The average molecular weight is 297 g/mol. The first-order valence-electron chi connectivity index (χ1n) is 6.81. The molecule has 0 bridgehead atoms. The SMILES string of the molecule is Cc1ccc([C@H]2[C@H](C#N)[C@@H]2S(=O)(=O)c2ccccc2)cc1. The minimum Gasteiger partial charge on any atom is -0.223 e. The molecule has 1 aliphatic rings. The molecule has 1 fully saturated rings. The fourth-order valence-corrected chi connectivity index (χ4v) is 4.86. The number of benzene rings is 2. The molecule has 3 atom stereocenters. The molecular weight excluding hydrogens is 282 g/mol. The first-order valence-corrected chi connectivity index (χ1v) is 8.35. The van der Waals surface area contributed by atoms with Crippen molar-refractivity contribution in [1.82, 2.24) is 0 Å². The maximum absolute atomic E-state index is 12.7. The molecule has 1 aliphatic carbocycles. The lowest BCUT2D eigenvalue weighted by Crippen LogP contribution is -2.10. The Morgan fingerprint density at radius 2 is 1.62 bits per heavy atom. The van der Waals surface area contributed by atoms with Gasteiger partial charge in [0.25, 0.3) is 0 Å². The van der Waals surface area contributed by atoms with Crippen molar-refractivity contribution in [3.63, 3.8) is 0 Å². The molecule has 0 amide bonds. The quantitative estimate of drug-likeness (QED) is 0.874. The predicted molar refractivity (Wildman–Crippen MR) is 80.4 cm³/mol. The van der Waals surface area contributed by atoms with Gasteiger partial charge in [-0.2, -0.15) is 5.26 Å². The normalized spacial score (nSPS) is 24.3. The zero-order valence-electron chi connectivity index (χ0n) is 11.6. The van der Waals surface area contributed by atoms with Gasteiger partial charge in [-0.25, -0.2) is 8.42 Å². The van der Waals surface area contributed by atoms with Gasteiger partial charge in [0.05, 0.1) is 22.1 Å². The third-order valence-electron chi connectivity index (χ3n) is 4.00. The van der Waals surface area contributed by atoms with Gasteiger partial charge in [0, 0.05) is 5.92 Å². The fraction of sp³-hybridized carbons (Fsp3) is 0.235. The number of nitriles is 1. The van der Waals surface area contributed by atoms with Gasteiger partial charge in [-0.1, -0.05) is 48.0 Å². The van der Waals surface area contributed by atoms with Crippen LogP contribution in [0.2, 0.25) is 0 Å². The lowest BCUT2D eigenvalue weighted by molar-refractivity contribution is 0.593. The van der Waals surface area contributed by atoms with Crippen LogP contribution in [-0.4, -0.2) is 13.7 Å². The molecule has 2 aromatic carbocycles. The monoisotopic (exact) mass is 297 g/mol. The van der Waals surface area contributed by atoms with E-state index in [2.05, 4.69) is 6.07 Å². The molecule has 0 aromatic heterocycles. The first-order chi connectivity index (χ1) is 10.1. The van der Waals surface area contributed by atoms with Crippen LogP contribution >= 0.6 is 0 Å². The molecule has 0 radical (unpaired) electrons. The van der Waals surface area contributed by atoms with E-state index in [1.807, 2.05) is 31.2 Å². The molecule has 0 N–H and O–H groups in total. The molecule has 3 rings (SSSR count). The number of sulfone groups is 1. The van der Waals surface area contributed by atoms with Gasteiger partial charge in [-0.05, 0) is 24.6 Å². The predicted octanol–water partition coefficient (Wildman–Crippen LogP) is 3.07. The maximum Gasteiger partial charge on any atom is 0.183 e. The lowest BCUT2D eigenvalue weighted by atomic mass is 10.1. The Morgan fingerprint density at radius 1 is 1.00 bits per heavy atom. The summed E-state index contributed by atoms with van der Waals surface area (Å²) in [5, 5.41) is 8.63. The Labute approximate surface area is 124 Å². The van der Waals surface area contributed by atoms with Gasteiger partial charge in [-0.3, -0.25) is 0 Å². The van der Waals surface area contributed by atoms with Crippen LogP contribution in [0.4, 0.5) is 0 Å². The van der Waals surface area contributed by atoms with E-state index < -0.39 is 21.0 Å². The summed E-state index contributed by atoms with van der Waals surface area (Å²) >= 11 is 0. The highest BCUT2D eigenvalue weighted by molar-refractivity contribution is 7.92. The second-order valence-corrected chi connectivity index (χ2v) is 7.52. The van der Waals surface area contributed by atoms with Crippen molar-refractivity contribution in [2.75, 3.05) is 0 Å². The Balaban J connectivity index is 1.96. The van der Waals surface area contributed by atoms with Crippen molar-refractivity contribution in [3.05, 3.63) is 65.7 Å². The van der Waals surface area contributed by atoms with Crippen LogP contribution in [0.25, 0.3) is 0 Å². The van der Waals surface area contributed by atoms with Crippen LogP contribution in [0.3, 0.4) is 0 Å². The zero-order chi connectivity index (χ0) is 15.0. The van der Waals surface area contributed by atoms with Gasteiger partial charge in [0.1, 0.15) is 0 Å². The molecule has 1 saturated carbocycles. The topological polar surface area (TPSA) is 57.9 Å². The van der Waals surface area contributed by atoms with Crippen molar-refractivity contribution in [3.8, 4) is 6.07 Å². The highest BCUT2D eigenvalue weighted by Crippen LogP contribution is 2.53. The number of hydrogen-bond acceptors (Lipinski definition) is 3. The minimum atomic E-state index is -3.46. The molecule has 0 unspecified atom stereocenters. The van der Waals surface area contributed by atoms with Gasteiger partial charge >= 0.3 is 0 Å². The van der Waals surface area contributed by atoms with Crippen LogP contribution in [0, 0.1) is 24.2 Å². The highest BCUT2D eigenvalue weighted by Gasteiger charge is 2.59. The van der Waals surface area contributed by atoms with Crippen molar-refractivity contribution in [1.29, 1.82) is 5.26 Å². The number of rotatable bonds is 3. The molecule has 4 heteroatoms. The van der Waals surface area contributed by atoms with E-state index in [1.54, 1.807) is 30.3 Å². The van der Waals surface area contributed by atoms with Gasteiger partial charge in [0.2, 0.25) is 0 Å². The van der Waals surface area contributed by atoms with Crippen molar-refractivity contribution in [2.45, 2.75) is 23.0 Å². The molecule has 0 aliphatic heterocycles. The first kappa shape index (κ1) is 13.8. The summed E-state index contributed by atoms with van der Waals surface area (Å²) in [5.74, 6) is -0.682. The Kier molecular flexibility index (Phi) is 3.30. The van der Waals surface area contributed by atoms with Crippen LogP contribution in [-0.2, 0) is 9.84 Å². The van der Waals surface area contributed by atoms with E-state index in [9.17, 15) is 13.7 Å². The summed E-state index contributed by atoms with van der Waals surface area (Å²) in [7, 11) is -3.46. The number of hydrogen-bond donors (Lipinski definition) is 0. The van der Waals surface area contributed by atoms with E-state index >= 15 is 0 Å². The standard InChI is InChI=1S/C17H15NO2S/c1-12-7-9-13(10-8-12)16-15(11-18)17(16)21(19,20)14-5-3-2-4-6-14/h2-10,15-17H,1H3/t15-,16-,17-/m0/s1. The summed E-state index contributed by atoms with van der Waals surface area (Å²) in [5.41, 5.74) is 2.05. The number of aryl methyl sites for hydroxylation is 1. The zero-order valence-corrected chi connectivity index (χ0v) is 12.4. The van der Waals surface area contributed by atoms with E-state index in [0.29, 0.717) is 4.90 Å². The third kappa shape index (κ3) is 2.34. The fourth-order valence-electron chi connectivity index (χ4n) is 2.78. The minimum absolute atomic E-state index is 0.221. The molecule has 2 aromatic rings. The largest absolute Gasteiger partial charge is 0.223 e. The molecular formula is C17H15NO2S. The Morgan fingerprint density at radius 3 is 2.19 bits per heavy atom. The van der Waals surface area contributed by atoms with E-state index in [1.165, 1.54) is 0 Å². The number of nitrogens with zero attached hydrogens (tertiary/aromatic N) is 1. The molecule has 3 nitrogen and oxygen atoms in total. The van der Waals surface area contributed by atoms with Crippen molar-refractivity contribution >= 4 is 9.84 Å². The van der Waals surface area contributed by atoms with E-state index in [-0.39, 0.29) is 5.92 Å². The maximum atomic E-state index is 12.7. The van der Waals surface area contributed by atoms with Crippen LogP contribution < -0.4 is 0 Å². The third-order valence-corrected chi connectivity index (χ3v) is 6.23. The van der Waals surface area contributed by atoms with Crippen molar-refractivity contribution in [2.24, 2.45) is 5.92 Å². The summed E-state index contributed by atoms with van der Waals surface area (Å²) < 4.78 is 25.3. The second-order valence-electron chi connectivity index (χ2n) is 5.41. The molecule has 0 saturated heterocycles. The lowest BCUT2D eigenvalue weighted by Gasteiger charge is -2.04. The molecule has 21 heavy (non-hydrogen) atoms. The van der Waals surface area contributed by atoms with Crippen LogP contribution in [0.1, 0.15) is 17.0 Å². The van der Waals surface area contributed by atoms with Crippen LogP contribution in [0.15, 0.2) is 59.5 Å². The molecule has 106 valence electrons. The van der Waals surface area contributed by atoms with Gasteiger partial charge in [-0.15, -0.1) is 0 Å². The molecule has 0 spiro atoms.